The SMILES string of the molecule is COc1ccc(C2CC(c3ccc(NS(=O)(=O)c4ccccc4F)cc3)=NN2C(C)=O)cc1. The molecule has 0 saturated carbocycles. The van der Waals surface area contributed by atoms with Crippen LogP contribution < -0.4 is 9.46 Å². The van der Waals surface area contributed by atoms with E-state index in [1.165, 1.54) is 30.1 Å². The Hall–Kier alpha value is -3.72. The van der Waals surface area contributed by atoms with Crippen molar-refractivity contribution < 1.29 is 22.3 Å². The number of methoxy groups -OCH3 is 1. The summed E-state index contributed by atoms with van der Waals surface area (Å²) in [7, 11) is -2.47. The first kappa shape index (κ1) is 22.5. The van der Waals surface area contributed by atoms with Gasteiger partial charge in [-0.15, -0.1) is 0 Å². The van der Waals surface area contributed by atoms with E-state index in [1.54, 1.807) is 31.4 Å². The molecule has 1 heterocycles. The highest BCUT2D eigenvalue weighted by atomic mass is 32.2. The molecule has 0 aliphatic carbocycles. The van der Waals surface area contributed by atoms with Gasteiger partial charge in [0.2, 0.25) is 5.91 Å². The summed E-state index contributed by atoms with van der Waals surface area (Å²) in [6, 6.07) is 19.0. The first-order valence-corrected chi connectivity index (χ1v) is 11.7. The summed E-state index contributed by atoms with van der Waals surface area (Å²) in [4.78, 5) is 11.8. The molecule has 33 heavy (non-hydrogen) atoms. The molecule has 170 valence electrons. The minimum absolute atomic E-state index is 0.180. The molecular formula is C24H22FN3O4S. The lowest BCUT2D eigenvalue weighted by molar-refractivity contribution is -0.130. The number of rotatable bonds is 6. The number of ether oxygens (including phenoxy) is 1. The minimum atomic E-state index is -4.06. The maximum Gasteiger partial charge on any atom is 0.264 e. The standard InChI is InChI=1S/C24H22FN3O4S/c1-16(29)28-23(18-9-13-20(32-2)14-10-18)15-22(26-28)17-7-11-19(12-8-17)27-33(30,31)24-6-4-3-5-21(24)25/h3-14,23,27H,15H2,1-2H3. The molecule has 4 rings (SSSR count). The number of hydrogen-bond donors (Lipinski definition) is 1. The number of benzene rings is 3. The fourth-order valence-corrected chi connectivity index (χ4v) is 4.80. The Bertz CT molecular complexity index is 1310. The Morgan fingerprint density at radius 1 is 1.06 bits per heavy atom. The molecule has 3 aromatic carbocycles. The molecule has 0 saturated heterocycles. The molecule has 0 radical (unpaired) electrons. The van der Waals surface area contributed by atoms with Crippen LogP contribution in [0.15, 0.2) is 82.8 Å². The normalized spacial score (nSPS) is 15.8. The zero-order chi connectivity index (χ0) is 23.6. The van der Waals surface area contributed by atoms with E-state index in [9.17, 15) is 17.6 Å². The van der Waals surface area contributed by atoms with Crippen LogP contribution in [-0.2, 0) is 14.8 Å². The van der Waals surface area contributed by atoms with Crippen molar-refractivity contribution in [1.82, 2.24) is 5.01 Å². The predicted octanol–water partition coefficient (Wildman–Crippen LogP) is 4.33. The summed E-state index contributed by atoms with van der Waals surface area (Å²) in [5, 5.41) is 5.95. The van der Waals surface area contributed by atoms with Gasteiger partial charge >= 0.3 is 0 Å². The first-order chi connectivity index (χ1) is 15.8. The topological polar surface area (TPSA) is 88.1 Å². The molecule has 1 aliphatic heterocycles. The highest BCUT2D eigenvalue weighted by molar-refractivity contribution is 7.92. The van der Waals surface area contributed by atoms with Crippen LogP contribution >= 0.6 is 0 Å². The molecule has 1 unspecified atom stereocenters. The van der Waals surface area contributed by atoms with Crippen molar-refractivity contribution in [2.24, 2.45) is 5.10 Å². The summed E-state index contributed by atoms with van der Waals surface area (Å²) in [5.41, 5.74) is 2.68. The van der Waals surface area contributed by atoms with Gasteiger partial charge in [0.25, 0.3) is 10.0 Å². The molecule has 9 heteroatoms. The van der Waals surface area contributed by atoms with E-state index >= 15 is 0 Å². The van der Waals surface area contributed by atoms with Gasteiger partial charge in [0.05, 0.1) is 18.9 Å². The maximum absolute atomic E-state index is 13.9. The molecule has 1 aliphatic rings. The van der Waals surface area contributed by atoms with E-state index in [0.29, 0.717) is 12.1 Å². The van der Waals surface area contributed by atoms with Crippen LogP contribution in [0.1, 0.15) is 30.5 Å². The second kappa shape index (κ2) is 9.03. The van der Waals surface area contributed by atoms with Crippen LogP contribution in [-0.4, -0.2) is 32.2 Å². The summed E-state index contributed by atoms with van der Waals surface area (Å²) in [6.07, 6.45) is 0.506. The van der Waals surface area contributed by atoms with Crippen molar-refractivity contribution in [1.29, 1.82) is 0 Å². The van der Waals surface area contributed by atoms with Gasteiger partial charge < -0.3 is 4.74 Å². The van der Waals surface area contributed by atoms with Gasteiger partial charge in [0, 0.05) is 19.0 Å². The third-order valence-corrected chi connectivity index (χ3v) is 6.74. The lowest BCUT2D eigenvalue weighted by atomic mass is 9.98. The fourth-order valence-electron chi connectivity index (χ4n) is 3.66. The second-order valence-electron chi connectivity index (χ2n) is 7.52. The Balaban J connectivity index is 1.54. The van der Waals surface area contributed by atoms with Gasteiger partial charge in [-0.3, -0.25) is 9.52 Å². The van der Waals surface area contributed by atoms with Crippen LogP contribution in [0.4, 0.5) is 10.1 Å². The van der Waals surface area contributed by atoms with E-state index in [-0.39, 0.29) is 17.6 Å². The first-order valence-electron chi connectivity index (χ1n) is 10.2. The predicted molar refractivity (Wildman–Crippen MR) is 123 cm³/mol. The number of amides is 1. The number of hydrogen-bond acceptors (Lipinski definition) is 5. The molecule has 0 spiro atoms. The van der Waals surface area contributed by atoms with E-state index in [1.807, 2.05) is 24.3 Å². The lowest BCUT2D eigenvalue weighted by Crippen LogP contribution is -2.24. The zero-order valence-corrected chi connectivity index (χ0v) is 18.8. The van der Waals surface area contributed by atoms with E-state index in [0.717, 1.165) is 22.9 Å². The quantitative estimate of drug-likeness (QED) is 0.584. The van der Waals surface area contributed by atoms with Crippen molar-refractivity contribution >= 4 is 27.3 Å². The minimum Gasteiger partial charge on any atom is -0.497 e. The van der Waals surface area contributed by atoms with Crippen LogP contribution in [0, 0.1) is 5.82 Å². The van der Waals surface area contributed by atoms with Crippen LogP contribution in [0.25, 0.3) is 0 Å². The molecule has 1 atom stereocenters. The lowest BCUT2D eigenvalue weighted by Gasteiger charge is -2.20. The highest BCUT2D eigenvalue weighted by Crippen LogP contribution is 2.34. The number of sulfonamides is 1. The third kappa shape index (κ3) is 4.73. The fraction of sp³-hybridized carbons (Fsp3) is 0.167. The van der Waals surface area contributed by atoms with Crippen LogP contribution in [0.2, 0.25) is 0 Å². The summed E-state index contributed by atoms with van der Waals surface area (Å²) in [5.74, 6) is -0.281. The summed E-state index contributed by atoms with van der Waals surface area (Å²) < 4.78 is 46.5. The third-order valence-electron chi connectivity index (χ3n) is 5.33. The number of anilines is 1. The number of carbonyl (C=O) groups excluding carboxylic acids is 1. The van der Waals surface area contributed by atoms with E-state index in [4.69, 9.17) is 4.74 Å². The van der Waals surface area contributed by atoms with E-state index in [2.05, 4.69) is 9.82 Å². The Morgan fingerprint density at radius 3 is 2.33 bits per heavy atom. The Morgan fingerprint density at radius 2 is 1.73 bits per heavy atom. The number of nitrogens with one attached hydrogen (secondary N) is 1. The van der Waals surface area contributed by atoms with Gasteiger partial charge in [-0.25, -0.2) is 17.8 Å². The van der Waals surface area contributed by atoms with Gasteiger partial charge in [-0.2, -0.15) is 5.10 Å². The Labute approximate surface area is 191 Å². The van der Waals surface area contributed by atoms with Crippen molar-refractivity contribution in [2.75, 3.05) is 11.8 Å². The van der Waals surface area contributed by atoms with Gasteiger partial charge in [-0.05, 0) is 47.5 Å². The summed E-state index contributed by atoms with van der Waals surface area (Å²) in [6.45, 7) is 1.46. The number of hydrazone groups is 1. The molecule has 0 aromatic heterocycles. The molecular weight excluding hydrogens is 445 g/mol. The monoisotopic (exact) mass is 467 g/mol. The number of carbonyl (C=O) groups is 1. The average Bonchev–Trinajstić information content (AvgIpc) is 3.25. The van der Waals surface area contributed by atoms with Gasteiger partial charge in [0.15, 0.2) is 0 Å². The summed E-state index contributed by atoms with van der Waals surface area (Å²) >= 11 is 0. The van der Waals surface area contributed by atoms with Gasteiger partial charge in [0.1, 0.15) is 16.5 Å². The zero-order valence-electron chi connectivity index (χ0n) is 18.0. The van der Waals surface area contributed by atoms with Crippen molar-refractivity contribution in [3.05, 3.63) is 89.7 Å². The average molecular weight is 468 g/mol. The van der Waals surface area contributed by atoms with Crippen LogP contribution in [0.3, 0.4) is 0 Å². The van der Waals surface area contributed by atoms with Gasteiger partial charge in [-0.1, -0.05) is 36.4 Å². The Kier molecular flexibility index (Phi) is 6.15. The van der Waals surface area contributed by atoms with Crippen molar-refractivity contribution in [3.8, 4) is 5.75 Å². The van der Waals surface area contributed by atoms with E-state index < -0.39 is 20.7 Å². The molecule has 7 nitrogen and oxygen atoms in total. The second-order valence-corrected chi connectivity index (χ2v) is 9.17. The largest absolute Gasteiger partial charge is 0.497 e. The van der Waals surface area contributed by atoms with Crippen molar-refractivity contribution in [3.63, 3.8) is 0 Å². The molecule has 1 N–H and O–H groups in total. The van der Waals surface area contributed by atoms with Crippen molar-refractivity contribution in [2.45, 2.75) is 24.3 Å². The molecule has 0 bridgehead atoms. The maximum atomic E-state index is 13.9. The molecule has 3 aromatic rings. The smallest absolute Gasteiger partial charge is 0.264 e. The molecule has 1 amide bonds. The van der Waals surface area contributed by atoms with Crippen LogP contribution in [0.5, 0.6) is 5.75 Å². The highest BCUT2D eigenvalue weighted by Gasteiger charge is 2.31. The molecule has 0 fully saturated rings. The number of halogens is 1. The number of nitrogens with zero attached hydrogens (tertiary/aromatic N) is 2.